The smallest absolute Gasteiger partial charge is 0.267 e. The van der Waals surface area contributed by atoms with Crippen LogP contribution >= 0.6 is 23.2 Å². The number of aryl methyl sites for hydroxylation is 1. The zero-order valence-corrected chi connectivity index (χ0v) is 15.8. The maximum atomic E-state index is 12.8. The van der Waals surface area contributed by atoms with Crippen molar-refractivity contribution in [1.82, 2.24) is 19.2 Å². The normalized spacial score (nSPS) is 11.5. The van der Waals surface area contributed by atoms with E-state index < -0.39 is 0 Å². The molecule has 0 saturated heterocycles. The van der Waals surface area contributed by atoms with Crippen molar-refractivity contribution < 1.29 is 0 Å². The molecule has 3 aromatic heterocycles. The minimum absolute atomic E-state index is 0.190. The summed E-state index contributed by atoms with van der Waals surface area (Å²) in [5.41, 5.74) is 3.46. The van der Waals surface area contributed by atoms with Crippen LogP contribution in [0.1, 0.15) is 17.0 Å². The van der Waals surface area contributed by atoms with Crippen molar-refractivity contribution in [2.24, 2.45) is 0 Å². The third-order valence-electron chi connectivity index (χ3n) is 4.09. The highest BCUT2D eigenvalue weighted by Crippen LogP contribution is 2.25. The summed E-state index contributed by atoms with van der Waals surface area (Å²) in [6.45, 7) is 1.90. The van der Waals surface area contributed by atoms with E-state index in [0.29, 0.717) is 21.4 Å². The van der Waals surface area contributed by atoms with E-state index in [2.05, 4.69) is 9.97 Å². The highest BCUT2D eigenvalue weighted by atomic mass is 35.5. The van der Waals surface area contributed by atoms with Crippen molar-refractivity contribution in [3.63, 3.8) is 0 Å². The Morgan fingerprint density at radius 1 is 1.04 bits per heavy atom. The monoisotopic (exact) mass is 396 g/mol. The lowest BCUT2D eigenvalue weighted by molar-refractivity contribution is 0.743. The first-order valence-electron chi connectivity index (χ1n) is 8.19. The number of hydrogen-bond donors (Lipinski definition) is 0. The molecule has 0 spiro atoms. The second-order valence-corrected chi connectivity index (χ2v) is 6.82. The third kappa shape index (κ3) is 3.39. The maximum Gasteiger partial charge on any atom is 0.273 e. The summed E-state index contributed by atoms with van der Waals surface area (Å²) in [6.07, 6.45) is 7.12. The molecule has 0 saturated carbocycles. The second-order valence-electron chi connectivity index (χ2n) is 6.00. The van der Waals surface area contributed by atoms with Gasteiger partial charge in [-0.15, -0.1) is 0 Å². The van der Waals surface area contributed by atoms with E-state index in [-0.39, 0.29) is 5.56 Å². The first-order valence-corrected chi connectivity index (χ1v) is 8.94. The van der Waals surface area contributed by atoms with Gasteiger partial charge in [0.15, 0.2) is 5.65 Å². The second kappa shape index (κ2) is 7.02. The van der Waals surface area contributed by atoms with E-state index in [4.69, 9.17) is 23.2 Å². The first kappa shape index (κ1) is 17.5. The van der Waals surface area contributed by atoms with Gasteiger partial charge in [-0.1, -0.05) is 35.3 Å². The van der Waals surface area contributed by atoms with E-state index in [1.807, 2.05) is 37.3 Å². The zero-order valence-electron chi connectivity index (χ0n) is 14.3. The molecule has 7 heteroatoms. The van der Waals surface area contributed by atoms with E-state index in [9.17, 15) is 4.79 Å². The number of benzene rings is 1. The van der Waals surface area contributed by atoms with Crippen LogP contribution in [0.25, 0.3) is 23.5 Å². The van der Waals surface area contributed by atoms with Crippen LogP contribution in [0.3, 0.4) is 0 Å². The number of rotatable bonds is 3. The molecule has 0 unspecified atom stereocenters. The van der Waals surface area contributed by atoms with Gasteiger partial charge in [0.2, 0.25) is 0 Å². The van der Waals surface area contributed by atoms with Crippen LogP contribution in [0.5, 0.6) is 0 Å². The van der Waals surface area contributed by atoms with Crippen molar-refractivity contribution >= 4 is 41.0 Å². The van der Waals surface area contributed by atoms with Gasteiger partial charge in [-0.3, -0.25) is 9.78 Å². The fraction of sp³-hybridized carbons (Fsp3) is 0.0500. The van der Waals surface area contributed by atoms with Gasteiger partial charge in [0, 0.05) is 30.2 Å². The summed E-state index contributed by atoms with van der Waals surface area (Å²) >= 11 is 12.1. The molecule has 134 valence electrons. The number of nitrogens with zero attached hydrogens (tertiary/aromatic N) is 4. The minimum atomic E-state index is -0.190. The number of halogens is 2. The highest BCUT2D eigenvalue weighted by molar-refractivity contribution is 6.42. The lowest BCUT2D eigenvalue weighted by Crippen LogP contribution is -2.20. The summed E-state index contributed by atoms with van der Waals surface area (Å²) in [6, 6.07) is 12.4. The van der Waals surface area contributed by atoms with E-state index >= 15 is 0 Å². The number of aromatic nitrogens is 4. The molecule has 5 nitrogen and oxygen atoms in total. The molecule has 0 bridgehead atoms. The molecule has 0 aliphatic rings. The summed E-state index contributed by atoms with van der Waals surface area (Å²) in [4.78, 5) is 21.4. The van der Waals surface area contributed by atoms with Crippen molar-refractivity contribution in [3.05, 3.63) is 92.2 Å². The topological polar surface area (TPSA) is 52.2 Å². The van der Waals surface area contributed by atoms with Crippen LogP contribution in [-0.2, 0) is 0 Å². The van der Waals surface area contributed by atoms with Gasteiger partial charge in [0.05, 0.1) is 21.4 Å². The SMILES string of the molecule is Cc1cc2nc(C=Cc3cccnc3)cc(=O)n2n1-c1ccc(Cl)c(Cl)c1. The Morgan fingerprint density at radius 2 is 1.89 bits per heavy atom. The summed E-state index contributed by atoms with van der Waals surface area (Å²) < 4.78 is 3.28. The molecular formula is C20H14Cl2N4O. The van der Waals surface area contributed by atoms with Gasteiger partial charge >= 0.3 is 0 Å². The van der Waals surface area contributed by atoms with Gasteiger partial charge in [-0.2, -0.15) is 4.52 Å². The lowest BCUT2D eigenvalue weighted by atomic mass is 10.2. The van der Waals surface area contributed by atoms with Gasteiger partial charge in [0.25, 0.3) is 5.56 Å². The molecule has 0 amide bonds. The van der Waals surface area contributed by atoms with Crippen molar-refractivity contribution in [3.8, 4) is 5.69 Å². The molecule has 3 heterocycles. The van der Waals surface area contributed by atoms with Crippen LogP contribution in [0.2, 0.25) is 10.0 Å². The Bertz CT molecular complexity index is 1230. The average Bonchev–Trinajstić information content (AvgIpc) is 2.99. The molecular weight excluding hydrogens is 383 g/mol. The van der Waals surface area contributed by atoms with Crippen molar-refractivity contribution in [1.29, 1.82) is 0 Å². The van der Waals surface area contributed by atoms with Gasteiger partial charge in [0.1, 0.15) is 0 Å². The van der Waals surface area contributed by atoms with Crippen molar-refractivity contribution in [2.75, 3.05) is 0 Å². The standard InChI is InChI=1S/C20H14Cl2N4O/c1-13-9-19-24-15(5-4-14-3-2-8-23-12-14)10-20(27)26(19)25(13)16-6-7-17(21)18(22)11-16/h2-12H,1H3. The Morgan fingerprint density at radius 3 is 2.63 bits per heavy atom. The minimum Gasteiger partial charge on any atom is -0.267 e. The fourth-order valence-corrected chi connectivity index (χ4v) is 3.18. The van der Waals surface area contributed by atoms with Gasteiger partial charge in [-0.25, -0.2) is 9.67 Å². The van der Waals surface area contributed by atoms with Crippen LogP contribution in [-0.4, -0.2) is 19.2 Å². The predicted octanol–water partition coefficient (Wildman–Crippen LogP) is 4.67. The Labute approximate surface area is 165 Å². The van der Waals surface area contributed by atoms with Crippen LogP contribution < -0.4 is 5.56 Å². The van der Waals surface area contributed by atoms with Crippen molar-refractivity contribution in [2.45, 2.75) is 6.92 Å². The molecule has 4 rings (SSSR count). The molecule has 0 atom stereocenters. The molecule has 1 aromatic carbocycles. The summed E-state index contributed by atoms with van der Waals surface area (Å²) in [7, 11) is 0. The molecule has 0 aliphatic heterocycles. The van der Waals surface area contributed by atoms with E-state index in [1.54, 1.807) is 35.3 Å². The number of fused-ring (bicyclic) bond motifs is 1. The fourth-order valence-electron chi connectivity index (χ4n) is 2.89. The first-order chi connectivity index (χ1) is 13.0. The number of pyridine rings is 1. The Kier molecular flexibility index (Phi) is 4.56. The largest absolute Gasteiger partial charge is 0.273 e. The lowest BCUT2D eigenvalue weighted by Gasteiger charge is -2.10. The molecule has 0 aliphatic carbocycles. The molecule has 0 fully saturated rings. The quantitative estimate of drug-likeness (QED) is 0.505. The summed E-state index contributed by atoms with van der Waals surface area (Å²) in [5, 5.41) is 0.885. The van der Waals surface area contributed by atoms with Gasteiger partial charge in [-0.05, 0) is 42.8 Å². The Hall–Kier alpha value is -2.89. The molecule has 0 radical (unpaired) electrons. The van der Waals surface area contributed by atoms with E-state index in [1.165, 1.54) is 10.6 Å². The highest BCUT2D eigenvalue weighted by Gasteiger charge is 2.12. The Balaban J connectivity index is 1.82. The molecule has 4 aromatic rings. The average molecular weight is 397 g/mol. The van der Waals surface area contributed by atoms with Crippen LogP contribution in [0.4, 0.5) is 0 Å². The van der Waals surface area contributed by atoms with Crippen LogP contribution in [0, 0.1) is 6.92 Å². The van der Waals surface area contributed by atoms with Crippen LogP contribution in [0.15, 0.2) is 59.7 Å². The van der Waals surface area contributed by atoms with Gasteiger partial charge < -0.3 is 0 Å². The van der Waals surface area contributed by atoms with E-state index in [0.717, 1.165) is 16.9 Å². The maximum absolute atomic E-state index is 12.8. The zero-order chi connectivity index (χ0) is 19.0. The number of hydrogen-bond acceptors (Lipinski definition) is 3. The third-order valence-corrected chi connectivity index (χ3v) is 4.83. The molecule has 27 heavy (non-hydrogen) atoms. The molecule has 0 N–H and O–H groups in total. The predicted molar refractivity (Wildman–Crippen MR) is 109 cm³/mol. The summed E-state index contributed by atoms with van der Waals surface area (Å²) in [5.74, 6) is 0.